The van der Waals surface area contributed by atoms with Crippen LogP contribution in [-0.4, -0.2) is 18.1 Å². The van der Waals surface area contributed by atoms with Gasteiger partial charge in [-0.15, -0.1) is 0 Å². The van der Waals surface area contributed by atoms with Crippen molar-refractivity contribution in [1.82, 2.24) is 0 Å². The Morgan fingerprint density at radius 2 is 2.29 bits per heavy atom. The third-order valence-corrected chi connectivity index (χ3v) is 1.66. The first kappa shape index (κ1) is 10.1. The van der Waals surface area contributed by atoms with Crippen LogP contribution in [-0.2, 0) is 4.79 Å². The van der Waals surface area contributed by atoms with Gasteiger partial charge in [-0.2, -0.15) is 0 Å². The SMILES string of the molecule is COc1ccc(/C=C/C(N)=O)c(O)c1. The first-order chi connectivity index (χ1) is 6.63. The largest absolute Gasteiger partial charge is 0.507 e. The van der Waals surface area contributed by atoms with E-state index in [4.69, 9.17) is 10.5 Å². The van der Waals surface area contributed by atoms with Crippen molar-refractivity contribution in [2.45, 2.75) is 0 Å². The molecule has 0 saturated carbocycles. The molecule has 0 aromatic heterocycles. The van der Waals surface area contributed by atoms with E-state index < -0.39 is 5.91 Å². The Kier molecular flexibility index (Phi) is 3.12. The maximum atomic E-state index is 10.4. The second kappa shape index (κ2) is 4.32. The van der Waals surface area contributed by atoms with Crippen LogP contribution < -0.4 is 10.5 Å². The van der Waals surface area contributed by atoms with Gasteiger partial charge >= 0.3 is 0 Å². The molecule has 3 N–H and O–H groups in total. The Labute approximate surface area is 81.6 Å². The van der Waals surface area contributed by atoms with E-state index in [1.165, 1.54) is 25.3 Å². The van der Waals surface area contributed by atoms with Gasteiger partial charge in [0.15, 0.2) is 0 Å². The number of primary amides is 1. The van der Waals surface area contributed by atoms with Crippen molar-refractivity contribution in [2.24, 2.45) is 5.73 Å². The molecular weight excluding hydrogens is 182 g/mol. The summed E-state index contributed by atoms with van der Waals surface area (Å²) in [6.07, 6.45) is 2.62. The highest BCUT2D eigenvalue weighted by Gasteiger charge is 1.99. The third kappa shape index (κ3) is 2.52. The third-order valence-electron chi connectivity index (χ3n) is 1.66. The van der Waals surface area contributed by atoms with Crippen molar-refractivity contribution < 1.29 is 14.6 Å². The second-order valence-electron chi connectivity index (χ2n) is 2.66. The number of phenols is 1. The molecule has 0 saturated heterocycles. The van der Waals surface area contributed by atoms with E-state index in [0.29, 0.717) is 11.3 Å². The number of carbonyl (C=O) groups is 1. The van der Waals surface area contributed by atoms with Crippen LogP contribution in [0, 0.1) is 0 Å². The Balaban J connectivity index is 2.94. The molecule has 0 aliphatic rings. The zero-order valence-electron chi connectivity index (χ0n) is 7.73. The Morgan fingerprint density at radius 1 is 1.57 bits per heavy atom. The zero-order valence-corrected chi connectivity index (χ0v) is 7.73. The number of hydrogen-bond acceptors (Lipinski definition) is 3. The molecular formula is C10H11NO3. The highest BCUT2D eigenvalue weighted by molar-refractivity contribution is 5.90. The Morgan fingerprint density at radius 3 is 2.79 bits per heavy atom. The predicted octanol–water partition coefficient (Wildman–Crippen LogP) is 0.899. The van der Waals surface area contributed by atoms with Crippen molar-refractivity contribution in [2.75, 3.05) is 7.11 Å². The average Bonchev–Trinajstić information content (AvgIpc) is 2.15. The normalized spacial score (nSPS) is 10.4. The van der Waals surface area contributed by atoms with Gasteiger partial charge in [0.1, 0.15) is 11.5 Å². The summed E-state index contributed by atoms with van der Waals surface area (Å²) in [5.41, 5.74) is 5.43. The molecule has 0 bridgehead atoms. The minimum atomic E-state index is -0.555. The number of benzene rings is 1. The standard InChI is InChI=1S/C10H11NO3/c1-14-8-4-2-7(9(12)6-8)3-5-10(11)13/h2-6,12H,1H3,(H2,11,13)/b5-3+. The van der Waals surface area contributed by atoms with E-state index in [9.17, 15) is 9.90 Å². The van der Waals surface area contributed by atoms with E-state index in [1.807, 2.05) is 0 Å². The summed E-state index contributed by atoms with van der Waals surface area (Å²) in [5.74, 6) is 0.0424. The lowest BCUT2D eigenvalue weighted by molar-refractivity contribution is -0.113. The van der Waals surface area contributed by atoms with Crippen LogP contribution in [0.3, 0.4) is 0 Å². The molecule has 0 atom stereocenters. The van der Waals surface area contributed by atoms with E-state index in [2.05, 4.69) is 0 Å². The van der Waals surface area contributed by atoms with Crippen LogP contribution in [0.15, 0.2) is 24.3 Å². The van der Waals surface area contributed by atoms with Gasteiger partial charge in [0.05, 0.1) is 7.11 Å². The molecule has 0 fully saturated rings. The number of carbonyl (C=O) groups excluding carboxylic acids is 1. The number of hydrogen-bond donors (Lipinski definition) is 2. The van der Waals surface area contributed by atoms with E-state index in [-0.39, 0.29) is 5.75 Å². The first-order valence-corrected chi connectivity index (χ1v) is 3.98. The van der Waals surface area contributed by atoms with Crippen LogP contribution >= 0.6 is 0 Å². The Hall–Kier alpha value is -1.97. The summed E-state index contributed by atoms with van der Waals surface area (Å²) in [7, 11) is 1.51. The zero-order chi connectivity index (χ0) is 10.6. The second-order valence-corrected chi connectivity index (χ2v) is 2.66. The molecule has 1 aromatic rings. The van der Waals surface area contributed by atoms with Gasteiger partial charge in [-0.3, -0.25) is 4.79 Å². The fraction of sp³-hybridized carbons (Fsp3) is 0.100. The van der Waals surface area contributed by atoms with E-state index >= 15 is 0 Å². The van der Waals surface area contributed by atoms with Crippen molar-refractivity contribution in [3.63, 3.8) is 0 Å². The van der Waals surface area contributed by atoms with Gasteiger partial charge in [0.2, 0.25) is 5.91 Å². The molecule has 74 valence electrons. The number of methoxy groups -OCH3 is 1. The molecule has 0 aliphatic carbocycles. The lowest BCUT2D eigenvalue weighted by atomic mass is 10.2. The van der Waals surface area contributed by atoms with Crippen LogP contribution in [0.25, 0.3) is 6.08 Å². The summed E-state index contributed by atoms with van der Waals surface area (Å²) in [6, 6.07) is 4.77. The molecule has 1 aromatic carbocycles. The number of nitrogens with two attached hydrogens (primary N) is 1. The van der Waals surface area contributed by atoms with Crippen LogP contribution in [0.5, 0.6) is 11.5 Å². The monoisotopic (exact) mass is 193 g/mol. The molecule has 14 heavy (non-hydrogen) atoms. The van der Waals surface area contributed by atoms with Crippen molar-refractivity contribution in [3.05, 3.63) is 29.8 Å². The van der Waals surface area contributed by atoms with Crippen LogP contribution in [0.4, 0.5) is 0 Å². The quantitative estimate of drug-likeness (QED) is 0.700. The molecule has 4 heteroatoms. The predicted molar refractivity (Wildman–Crippen MR) is 52.9 cm³/mol. The van der Waals surface area contributed by atoms with Gasteiger partial charge < -0.3 is 15.6 Å². The highest BCUT2D eigenvalue weighted by Crippen LogP contribution is 2.24. The number of amides is 1. The molecule has 0 unspecified atom stereocenters. The topological polar surface area (TPSA) is 72.5 Å². The molecule has 1 rings (SSSR count). The van der Waals surface area contributed by atoms with E-state index in [1.54, 1.807) is 12.1 Å². The van der Waals surface area contributed by atoms with Crippen molar-refractivity contribution in [1.29, 1.82) is 0 Å². The summed E-state index contributed by atoms with van der Waals surface area (Å²) in [5, 5.41) is 9.45. The molecule has 0 aliphatic heterocycles. The minimum absolute atomic E-state index is 0.0434. The van der Waals surface area contributed by atoms with Gasteiger partial charge in [-0.1, -0.05) is 0 Å². The summed E-state index contributed by atoms with van der Waals surface area (Å²) in [6.45, 7) is 0. The molecule has 0 heterocycles. The maximum Gasteiger partial charge on any atom is 0.241 e. The van der Waals surface area contributed by atoms with Gasteiger partial charge in [-0.05, 0) is 18.2 Å². The highest BCUT2D eigenvalue weighted by atomic mass is 16.5. The van der Waals surface area contributed by atoms with Gasteiger partial charge in [-0.25, -0.2) is 0 Å². The van der Waals surface area contributed by atoms with Crippen molar-refractivity contribution >= 4 is 12.0 Å². The molecule has 0 spiro atoms. The number of phenolic OH excluding ortho intramolecular Hbond substituents is 1. The molecule has 0 radical (unpaired) electrons. The van der Waals surface area contributed by atoms with Crippen LogP contribution in [0.2, 0.25) is 0 Å². The Bertz CT molecular complexity index is 372. The molecule has 4 nitrogen and oxygen atoms in total. The number of rotatable bonds is 3. The fourth-order valence-corrected chi connectivity index (χ4v) is 0.963. The fourth-order valence-electron chi connectivity index (χ4n) is 0.963. The van der Waals surface area contributed by atoms with Gasteiger partial charge in [0.25, 0.3) is 0 Å². The lowest BCUT2D eigenvalue weighted by Crippen LogP contribution is -2.05. The number of aromatic hydroxyl groups is 1. The first-order valence-electron chi connectivity index (χ1n) is 3.98. The van der Waals surface area contributed by atoms with Gasteiger partial charge in [0, 0.05) is 17.7 Å². The lowest BCUT2D eigenvalue weighted by Gasteiger charge is -2.02. The van der Waals surface area contributed by atoms with E-state index in [0.717, 1.165) is 0 Å². The molecule has 1 amide bonds. The summed E-state index contributed by atoms with van der Waals surface area (Å²) >= 11 is 0. The average molecular weight is 193 g/mol. The number of ether oxygens (including phenoxy) is 1. The van der Waals surface area contributed by atoms with Crippen LogP contribution in [0.1, 0.15) is 5.56 Å². The minimum Gasteiger partial charge on any atom is -0.507 e. The maximum absolute atomic E-state index is 10.4. The summed E-state index contributed by atoms with van der Waals surface area (Å²) in [4.78, 5) is 10.4. The smallest absolute Gasteiger partial charge is 0.241 e. The van der Waals surface area contributed by atoms with Crippen molar-refractivity contribution in [3.8, 4) is 11.5 Å². The summed E-state index contributed by atoms with van der Waals surface area (Å²) < 4.78 is 4.90.